The van der Waals surface area contributed by atoms with Crippen molar-refractivity contribution in [3.63, 3.8) is 0 Å². The molecule has 6 N–H and O–H groups in total. The molecule has 0 spiro atoms. The number of hydrogen-bond acceptors (Lipinski definition) is 6. The van der Waals surface area contributed by atoms with E-state index in [1.165, 1.54) is 12.2 Å². The van der Waals surface area contributed by atoms with Crippen molar-refractivity contribution in [2.75, 3.05) is 0 Å². The zero-order chi connectivity index (χ0) is 34.4. The van der Waals surface area contributed by atoms with Crippen molar-refractivity contribution in [2.45, 2.75) is 46.2 Å². The van der Waals surface area contributed by atoms with Crippen LogP contribution in [0.15, 0.2) is 85.0 Å². The summed E-state index contributed by atoms with van der Waals surface area (Å²) in [5, 5.41) is 49.6. The van der Waals surface area contributed by atoms with E-state index < -0.39 is 35.8 Å². The zero-order valence-electron chi connectivity index (χ0n) is 26.5. The van der Waals surface area contributed by atoms with E-state index in [0.717, 1.165) is 12.2 Å². The van der Waals surface area contributed by atoms with Crippen molar-refractivity contribution in [2.24, 2.45) is 11.8 Å². The lowest BCUT2D eigenvalue weighted by Gasteiger charge is -2.21. The lowest BCUT2D eigenvalue weighted by atomic mass is 9.90. The highest BCUT2D eigenvalue weighted by Crippen LogP contribution is 2.39. The Hall–Kier alpha value is -5.64. The Bertz CT molecular complexity index is 1770. The number of carboxylic acid groups (broad SMARTS) is 2. The third kappa shape index (κ3) is 7.96. The second kappa shape index (κ2) is 14.6. The summed E-state index contributed by atoms with van der Waals surface area (Å²) in [5.74, 6) is -4.46. The maximum absolute atomic E-state index is 13.6. The molecule has 0 saturated heterocycles. The molecule has 0 unspecified atom stereocenters. The standard InChI is InChI=1S/C37H38N2O8/c1-20(2)30(13-15-32(40)41)38-36(46)28-17-22-9-5-7-11-24(22)26(34(28)44)19-27-25-12-8-6-10-23(25)18-29(35(27)45)37(47)39-31(21(3)4)14-16-33(42)43/h5-18,20-21,30-31,44-45H,19H2,1-4H3,(H,38,46)(H,39,47)(H,40,41)(H,42,43)/b15-13+,16-14+/t30-,31-/m1/s1. The number of carbonyl (C=O) groups excluding carboxylic acids is 2. The van der Waals surface area contributed by atoms with Gasteiger partial charge >= 0.3 is 11.9 Å². The van der Waals surface area contributed by atoms with Gasteiger partial charge in [0, 0.05) is 29.7 Å². The molecule has 2 amide bonds. The van der Waals surface area contributed by atoms with Gasteiger partial charge in [-0.2, -0.15) is 0 Å². The number of phenolic OH excluding ortho intramolecular Hbond substituents is 2. The molecule has 4 aromatic rings. The predicted molar refractivity (Wildman–Crippen MR) is 180 cm³/mol. The molecule has 0 aliphatic carbocycles. The number of hydrogen-bond donors (Lipinski definition) is 6. The highest BCUT2D eigenvalue weighted by molar-refractivity contribution is 6.05. The fourth-order valence-corrected chi connectivity index (χ4v) is 5.41. The van der Waals surface area contributed by atoms with Gasteiger partial charge in [0.15, 0.2) is 0 Å². The number of aromatic hydroxyl groups is 2. The van der Waals surface area contributed by atoms with Crippen LogP contribution >= 0.6 is 0 Å². The van der Waals surface area contributed by atoms with E-state index in [-0.39, 0.29) is 40.9 Å². The summed E-state index contributed by atoms with van der Waals surface area (Å²) < 4.78 is 0. The van der Waals surface area contributed by atoms with E-state index >= 15 is 0 Å². The molecule has 0 aliphatic heterocycles. The highest BCUT2D eigenvalue weighted by atomic mass is 16.4. The number of aliphatic carboxylic acids is 2. The quantitative estimate of drug-likeness (QED) is 0.106. The minimum Gasteiger partial charge on any atom is -0.507 e. The highest BCUT2D eigenvalue weighted by Gasteiger charge is 2.25. The van der Waals surface area contributed by atoms with Crippen molar-refractivity contribution in [3.8, 4) is 11.5 Å². The Morgan fingerprint density at radius 2 is 1.00 bits per heavy atom. The normalized spacial score (nSPS) is 13.1. The molecule has 10 heteroatoms. The Kier molecular flexibility index (Phi) is 10.7. The molecular weight excluding hydrogens is 600 g/mol. The number of phenols is 2. The first kappa shape index (κ1) is 34.2. The summed E-state index contributed by atoms with van der Waals surface area (Å²) in [7, 11) is 0. The SMILES string of the molecule is CC(C)[C@@H](/C=C/C(=O)O)NC(=O)c1cc2ccccc2c(Cc2c(O)c(C(=O)N[C@H](/C=C/C(=O)O)C(C)C)cc3ccccc23)c1O. The zero-order valence-corrected chi connectivity index (χ0v) is 26.5. The van der Waals surface area contributed by atoms with E-state index in [1.807, 2.05) is 27.7 Å². The Morgan fingerprint density at radius 3 is 1.34 bits per heavy atom. The molecule has 4 aromatic carbocycles. The van der Waals surface area contributed by atoms with Crippen LogP contribution in [-0.2, 0) is 16.0 Å². The number of fused-ring (bicyclic) bond motifs is 2. The molecule has 244 valence electrons. The van der Waals surface area contributed by atoms with E-state index in [0.29, 0.717) is 32.7 Å². The van der Waals surface area contributed by atoms with Crippen molar-refractivity contribution < 1.29 is 39.6 Å². The molecule has 47 heavy (non-hydrogen) atoms. The Labute approximate surface area is 272 Å². The van der Waals surface area contributed by atoms with Crippen LogP contribution in [0, 0.1) is 11.8 Å². The largest absolute Gasteiger partial charge is 0.507 e. The van der Waals surface area contributed by atoms with E-state index in [9.17, 15) is 29.4 Å². The molecule has 0 saturated carbocycles. The van der Waals surface area contributed by atoms with Crippen molar-refractivity contribution in [1.82, 2.24) is 10.6 Å². The summed E-state index contributed by atoms with van der Waals surface area (Å²) in [4.78, 5) is 49.3. The maximum Gasteiger partial charge on any atom is 0.328 e. The monoisotopic (exact) mass is 638 g/mol. The number of amides is 2. The van der Waals surface area contributed by atoms with Crippen LogP contribution in [0.25, 0.3) is 21.5 Å². The van der Waals surface area contributed by atoms with Gasteiger partial charge in [-0.25, -0.2) is 9.59 Å². The molecule has 0 bridgehead atoms. The van der Waals surface area contributed by atoms with Crippen molar-refractivity contribution in [1.29, 1.82) is 0 Å². The first-order valence-electron chi connectivity index (χ1n) is 15.2. The third-order valence-corrected chi connectivity index (χ3v) is 8.02. The van der Waals surface area contributed by atoms with Crippen LogP contribution in [-0.4, -0.2) is 56.3 Å². The van der Waals surface area contributed by atoms with Crippen molar-refractivity contribution in [3.05, 3.63) is 107 Å². The number of carbonyl (C=O) groups is 4. The average molecular weight is 639 g/mol. The summed E-state index contributed by atoms with van der Waals surface area (Å²) in [5.41, 5.74) is 0.627. The molecule has 10 nitrogen and oxygen atoms in total. The average Bonchev–Trinajstić information content (AvgIpc) is 3.02. The molecule has 0 heterocycles. The maximum atomic E-state index is 13.6. The fraction of sp³-hybridized carbons (Fsp3) is 0.243. The van der Waals surface area contributed by atoms with Gasteiger partial charge in [-0.15, -0.1) is 0 Å². The first-order chi connectivity index (χ1) is 22.3. The van der Waals surface area contributed by atoms with Gasteiger partial charge in [-0.05, 0) is 45.5 Å². The summed E-state index contributed by atoms with van der Waals surface area (Å²) in [6, 6.07) is 16.2. The van der Waals surface area contributed by atoms with Gasteiger partial charge < -0.3 is 31.1 Å². The number of carboxylic acids is 2. The number of benzene rings is 4. The van der Waals surface area contributed by atoms with Crippen LogP contribution < -0.4 is 10.6 Å². The van der Waals surface area contributed by atoms with Gasteiger partial charge in [0.25, 0.3) is 11.8 Å². The summed E-state index contributed by atoms with van der Waals surface area (Å²) in [6.45, 7) is 7.30. The minimum atomic E-state index is -1.15. The summed E-state index contributed by atoms with van der Waals surface area (Å²) in [6.07, 6.45) is 4.62. The second-order valence-corrected chi connectivity index (χ2v) is 12.0. The van der Waals surface area contributed by atoms with Crippen LogP contribution in [0.4, 0.5) is 0 Å². The first-order valence-corrected chi connectivity index (χ1v) is 15.2. The topological polar surface area (TPSA) is 173 Å². The van der Waals surface area contributed by atoms with Crippen molar-refractivity contribution >= 4 is 45.3 Å². The lowest BCUT2D eigenvalue weighted by Crippen LogP contribution is -2.37. The summed E-state index contributed by atoms with van der Waals surface area (Å²) >= 11 is 0. The Balaban J connectivity index is 1.84. The molecule has 0 radical (unpaired) electrons. The van der Waals surface area contributed by atoms with Gasteiger partial charge in [0.05, 0.1) is 23.2 Å². The molecule has 4 rings (SSSR count). The lowest BCUT2D eigenvalue weighted by molar-refractivity contribution is -0.132. The van der Waals surface area contributed by atoms with Gasteiger partial charge in [-0.1, -0.05) is 88.4 Å². The number of nitrogens with one attached hydrogen (secondary N) is 2. The van der Waals surface area contributed by atoms with Crippen LogP contribution in [0.1, 0.15) is 59.5 Å². The van der Waals surface area contributed by atoms with Crippen LogP contribution in [0.3, 0.4) is 0 Å². The molecule has 2 atom stereocenters. The predicted octanol–water partition coefficient (Wildman–Crippen LogP) is 5.79. The minimum absolute atomic E-state index is 0.0317. The van der Waals surface area contributed by atoms with Crippen LogP contribution in [0.2, 0.25) is 0 Å². The molecule has 0 fully saturated rings. The Morgan fingerprint density at radius 1 is 0.638 bits per heavy atom. The second-order valence-electron chi connectivity index (χ2n) is 12.0. The third-order valence-electron chi connectivity index (χ3n) is 8.02. The fourth-order valence-electron chi connectivity index (χ4n) is 5.41. The van der Waals surface area contributed by atoms with Gasteiger partial charge in [0.1, 0.15) is 11.5 Å². The molecule has 0 aromatic heterocycles. The molecule has 0 aliphatic rings. The van der Waals surface area contributed by atoms with Gasteiger partial charge in [0.2, 0.25) is 0 Å². The van der Waals surface area contributed by atoms with E-state index in [1.54, 1.807) is 60.7 Å². The number of rotatable bonds is 12. The van der Waals surface area contributed by atoms with E-state index in [2.05, 4.69) is 10.6 Å². The molecular formula is C37H38N2O8. The smallest absolute Gasteiger partial charge is 0.328 e. The van der Waals surface area contributed by atoms with Gasteiger partial charge in [-0.3, -0.25) is 9.59 Å². The van der Waals surface area contributed by atoms with Crippen LogP contribution in [0.5, 0.6) is 11.5 Å². The van der Waals surface area contributed by atoms with E-state index in [4.69, 9.17) is 10.2 Å².